The number of carboxylic acid groups (broad SMARTS) is 3. The maximum absolute atomic E-state index is 13.2. The normalized spacial score (nSPS) is 27.8. The van der Waals surface area contributed by atoms with Crippen molar-refractivity contribution in [2.75, 3.05) is 0 Å². The van der Waals surface area contributed by atoms with Gasteiger partial charge in [0.2, 0.25) is 23.1 Å². The van der Waals surface area contributed by atoms with E-state index in [1.54, 1.807) is 6.08 Å². The van der Waals surface area contributed by atoms with Gasteiger partial charge in [0.15, 0.2) is 6.10 Å². The van der Waals surface area contributed by atoms with E-state index in [-0.39, 0.29) is 37.5 Å². The van der Waals surface area contributed by atoms with Crippen LogP contribution in [0.4, 0.5) is 0 Å². The topological polar surface area (TPSA) is 223 Å². The van der Waals surface area contributed by atoms with Gasteiger partial charge in [-0.05, 0) is 67.9 Å². The van der Waals surface area contributed by atoms with Crippen molar-refractivity contribution in [3.05, 3.63) is 83.9 Å². The summed E-state index contributed by atoms with van der Waals surface area (Å²) >= 11 is 0. The number of aliphatic carboxylic acids is 3. The molecule has 2 aromatic carbocycles. The third kappa shape index (κ3) is 9.17. The van der Waals surface area contributed by atoms with Gasteiger partial charge in [-0.15, -0.1) is 0 Å². The van der Waals surface area contributed by atoms with Crippen molar-refractivity contribution in [3.63, 3.8) is 0 Å². The number of aliphatic hydroxyl groups excluding tert-OH is 1. The molecule has 2 heterocycles. The summed E-state index contributed by atoms with van der Waals surface area (Å²) < 4.78 is 22.2. The summed E-state index contributed by atoms with van der Waals surface area (Å²) in [5.41, 5.74) is -5.16. The Morgan fingerprint density at radius 2 is 1.52 bits per heavy atom. The Labute approximate surface area is 313 Å². The first-order valence-corrected chi connectivity index (χ1v) is 18.2. The Bertz CT molecular complexity index is 1650. The second-order valence-electron chi connectivity index (χ2n) is 14.2. The molecular weight excluding hydrogens is 704 g/mol. The minimum atomic E-state index is -3.86. The third-order valence-corrected chi connectivity index (χ3v) is 10.2. The molecule has 0 aliphatic carbocycles. The zero-order chi connectivity index (χ0) is 39.7. The van der Waals surface area contributed by atoms with Gasteiger partial charge in [0, 0.05) is 19.8 Å². The third-order valence-electron chi connectivity index (χ3n) is 10.2. The number of hydrogen-bond acceptors (Lipinski definition) is 11. The van der Waals surface area contributed by atoms with Gasteiger partial charge in [-0.25, -0.2) is 14.4 Å². The molecule has 4 rings (SSSR count). The average Bonchev–Trinajstić information content (AvgIpc) is 3.33. The zero-order valence-electron chi connectivity index (χ0n) is 30.7. The van der Waals surface area contributed by atoms with Crippen LogP contribution in [0.3, 0.4) is 0 Å². The standard InChI is InChI=1S/C40H50O14/c1-25(15-12-20-28-16-6-4-7-17-28)14-10-11-22-31(42)52-33-32(43)38(53-34(35(44)45)39(50,36(46)47)40(33,54-38)37(48)49)23-13-21-30(51-27(3)41)26(2)24-29-18-8-5-9-19-29/h4-10,14,16-19,25-26,30,32-34,43,50H,11-13,15,20-24H2,1-3H3,(H,44,45)(H,46,47)(H,48,49)/b14-10+/t25-,26-,30-,32-,33-,34-,38?,39-,40?/m1/s1. The van der Waals surface area contributed by atoms with Crippen molar-refractivity contribution < 1.29 is 68.5 Å². The van der Waals surface area contributed by atoms with E-state index in [9.17, 15) is 49.5 Å². The number of hydrogen-bond donors (Lipinski definition) is 5. The molecule has 294 valence electrons. The number of benzene rings is 2. The minimum Gasteiger partial charge on any atom is -0.479 e. The van der Waals surface area contributed by atoms with Gasteiger partial charge in [-0.3, -0.25) is 9.59 Å². The van der Waals surface area contributed by atoms with Gasteiger partial charge in [0.1, 0.15) is 12.2 Å². The van der Waals surface area contributed by atoms with E-state index in [4.69, 9.17) is 18.9 Å². The fourth-order valence-electron chi connectivity index (χ4n) is 7.38. The van der Waals surface area contributed by atoms with Gasteiger partial charge in [0.05, 0.1) is 0 Å². The van der Waals surface area contributed by atoms with Crippen molar-refractivity contribution in [1.29, 1.82) is 0 Å². The molecule has 14 nitrogen and oxygen atoms in total. The van der Waals surface area contributed by atoms with Crippen LogP contribution in [0.5, 0.6) is 0 Å². The van der Waals surface area contributed by atoms with E-state index in [1.807, 2.05) is 68.5 Å². The number of esters is 2. The molecule has 2 aromatic rings. The summed E-state index contributed by atoms with van der Waals surface area (Å²) in [5, 5.41) is 53.7. The fourth-order valence-corrected chi connectivity index (χ4v) is 7.38. The summed E-state index contributed by atoms with van der Waals surface area (Å²) in [6.07, 6.45) is -1.75. The van der Waals surface area contributed by atoms with Gasteiger partial charge in [-0.1, -0.05) is 86.7 Å². The maximum atomic E-state index is 13.2. The van der Waals surface area contributed by atoms with Gasteiger partial charge < -0.3 is 44.5 Å². The van der Waals surface area contributed by atoms with Crippen molar-refractivity contribution in [1.82, 2.24) is 0 Å². The Balaban J connectivity index is 1.51. The molecule has 0 radical (unpaired) electrons. The molecule has 2 aliphatic rings. The zero-order valence-corrected chi connectivity index (χ0v) is 30.7. The van der Waals surface area contributed by atoms with Gasteiger partial charge in [0.25, 0.3) is 0 Å². The lowest BCUT2D eigenvalue weighted by atomic mass is 9.74. The summed E-state index contributed by atoms with van der Waals surface area (Å²) in [6, 6.07) is 19.4. The lowest BCUT2D eigenvalue weighted by Crippen LogP contribution is -2.78. The second kappa shape index (κ2) is 18.1. The number of rotatable bonds is 20. The molecule has 54 heavy (non-hydrogen) atoms. The molecule has 2 unspecified atom stereocenters. The summed E-state index contributed by atoms with van der Waals surface area (Å²) in [4.78, 5) is 63.2. The van der Waals surface area contributed by atoms with Gasteiger partial charge >= 0.3 is 29.8 Å². The van der Waals surface area contributed by atoms with E-state index in [0.717, 1.165) is 24.8 Å². The molecule has 0 amide bonds. The fraction of sp³-hybridized carbons (Fsp3) is 0.525. The number of aryl methyl sites for hydroxylation is 1. The first kappa shape index (κ1) is 42.1. The summed E-state index contributed by atoms with van der Waals surface area (Å²) in [6.45, 7) is 5.12. The Hall–Kier alpha value is -4.63. The summed E-state index contributed by atoms with van der Waals surface area (Å²) in [7, 11) is 0. The number of aliphatic hydroxyl groups is 2. The molecule has 0 aromatic heterocycles. The number of allylic oxidation sites excluding steroid dienone is 2. The van der Waals surface area contributed by atoms with Crippen LogP contribution >= 0.6 is 0 Å². The molecule has 0 spiro atoms. The number of carbonyl (C=O) groups excluding carboxylic acids is 2. The van der Waals surface area contributed by atoms with Crippen LogP contribution in [-0.4, -0.2) is 96.8 Å². The van der Waals surface area contributed by atoms with Crippen molar-refractivity contribution in [2.45, 2.75) is 120 Å². The van der Waals surface area contributed by atoms with E-state index in [2.05, 4.69) is 12.1 Å². The molecule has 14 heteroatoms. The smallest absolute Gasteiger partial charge is 0.344 e. The van der Waals surface area contributed by atoms with Crippen LogP contribution < -0.4 is 0 Å². The average molecular weight is 755 g/mol. The molecule has 2 aliphatic heterocycles. The van der Waals surface area contributed by atoms with Crippen LogP contribution in [0.2, 0.25) is 0 Å². The quantitative estimate of drug-likeness (QED) is 0.0950. The van der Waals surface area contributed by atoms with Crippen molar-refractivity contribution in [2.24, 2.45) is 11.8 Å². The first-order chi connectivity index (χ1) is 25.6. The lowest BCUT2D eigenvalue weighted by molar-refractivity contribution is -0.374. The Morgan fingerprint density at radius 1 is 0.889 bits per heavy atom. The number of carbonyl (C=O) groups is 5. The van der Waals surface area contributed by atoms with Gasteiger partial charge in [-0.2, -0.15) is 0 Å². The number of ether oxygens (including phenoxy) is 4. The number of carboxylic acids is 3. The van der Waals surface area contributed by atoms with Crippen LogP contribution in [0, 0.1) is 11.8 Å². The van der Waals surface area contributed by atoms with Crippen LogP contribution in [-0.2, 0) is 55.8 Å². The van der Waals surface area contributed by atoms with Crippen molar-refractivity contribution >= 4 is 29.8 Å². The molecule has 0 saturated carbocycles. The largest absolute Gasteiger partial charge is 0.479 e. The summed E-state index contributed by atoms with van der Waals surface area (Å²) in [5.74, 6) is -10.8. The second-order valence-corrected chi connectivity index (χ2v) is 14.2. The molecular formula is C40H50O14. The Morgan fingerprint density at radius 3 is 2.09 bits per heavy atom. The highest BCUT2D eigenvalue weighted by Crippen LogP contribution is 2.55. The predicted octanol–water partition coefficient (Wildman–Crippen LogP) is 4.08. The molecule has 5 N–H and O–H groups in total. The SMILES string of the molecule is CC(=O)O[C@H](CCCC12O[C@H](C(=O)O)[C@@](O)(C(=O)O)C(C(=O)O)(O1)[C@H](OC(=O)CC/C=C/[C@@H](C)CCCc1ccccc1)[C@H]2O)[C@H](C)Cc1ccccc1. The minimum absolute atomic E-state index is 0.0311. The van der Waals surface area contributed by atoms with E-state index in [1.165, 1.54) is 12.5 Å². The number of fused-ring (bicyclic) bond motifs is 2. The van der Waals surface area contributed by atoms with Crippen LogP contribution in [0.25, 0.3) is 0 Å². The maximum Gasteiger partial charge on any atom is 0.344 e. The predicted molar refractivity (Wildman–Crippen MR) is 191 cm³/mol. The van der Waals surface area contributed by atoms with Crippen LogP contribution in [0.1, 0.15) is 76.8 Å². The first-order valence-electron chi connectivity index (χ1n) is 18.2. The Kier molecular flexibility index (Phi) is 14.1. The monoisotopic (exact) mass is 754 g/mol. The van der Waals surface area contributed by atoms with E-state index < -0.39 is 77.7 Å². The van der Waals surface area contributed by atoms with Crippen LogP contribution in [0.15, 0.2) is 72.8 Å². The van der Waals surface area contributed by atoms with Crippen molar-refractivity contribution in [3.8, 4) is 0 Å². The highest BCUT2D eigenvalue weighted by molar-refractivity contribution is 5.98. The lowest BCUT2D eigenvalue weighted by Gasteiger charge is -2.48. The molecule has 2 saturated heterocycles. The highest BCUT2D eigenvalue weighted by Gasteiger charge is 2.85. The molecule has 2 fully saturated rings. The molecule has 9 atom stereocenters. The molecule has 2 bridgehead atoms. The van der Waals surface area contributed by atoms with E-state index in [0.29, 0.717) is 6.42 Å². The van der Waals surface area contributed by atoms with E-state index >= 15 is 0 Å². The highest BCUT2D eigenvalue weighted by atomic mass is 16.8.